The van der Waals surface area contributed by atoms with Crippen LogP contribution in [0.5, 0.6) is 5.75 Å². The van der Waals surface area contributed by atoms with Crippen LogP contribution >= 0.6 is 0 Å². The van der Waals surface area contributed by atoms with Crippen molar-refractivity contribution in [2.24, 2.45) is 5.92 Å². The van der Waals surface area contributed by atoms with Gasteiger partial charge in [0.1, 0.15) is 5.75 Å². The Hall–Kier alpha value is -1.55. The highest BCUT2D eigenvalue weighted by molar-refractivity contribution is 5.72. The molecule has 2 rings (SSSR count). The third kappa shape index (κ3) is 9.52. The van der Waals surface area contributed by atoms with Crippen LogP contribution in [-0.4, -0.2) is 24.3 Å². The lowest BCUT2D eigenvalue weighted by Crippen LogP contribution is -2.34. The standard InChI is InChI=1S/C28H46O4/c1-3-5-7-9-11-13-23-32-27(29)24-18-20-28(30,21-19-24)25-14-16-26(17-15-25)31-22-12-10-8-6-4-2/h14-17,24,30H,3-13,18-23H2,1-2H3. The molecule has 32 heavy (non-hydrogen) atoms. The van der Waals surface area contributed by atoms with Crippen LogP contribution in [-0.2, 0) is 15.1 Å². The molecule has 1 aromatic rings. The minimum absolute atomic E-state index is 0.0781. The van der Waals surface area contributed by atoms with Gasteiger partial charge < -0.3 is 14.6 Å². The Bertz CT molecular complexity index is 617. The molecule has 0 unspecified atom stereocenters. The van der Waals surface area contributed by atoms with Crippen LogP contribution in [0, 0.1) is 5.92 Å². The normalized spacial score (nSPS) is 20.8. The lowest BCUT2D eigenvalue weighted by molar-refractivity contribution is -0.152. The predicted molar refractivity (Wildman–Crippen MR) is 131 cm³/mol. The van der Waals surface area contributed by atoms with E-state index in [0.29, 0.717) is 32.3 Å². The summed E-state index contributed by atoms with van der Waals surface area (Å²) in [6, 6.07) is 7.87. The van der Waals surface area contributed by atoms with E-state index < -0.39 is 5.60 Å². The molecular weight excluding hydrogens is 400 g/mol. The highest BCUT2D eigenvalue weighted by Crippen LogP contribution is 2.40. The van der Waals surface area contributed by atoms with Gasteiger partial charge in [0.2, 0.25) is 0 Å². The van der Waals surface area contributed by atoms with Gasteiger partial charge in [0.25, 0.3) is 0 Å². The summed E-state index contributed by atoms with van der Waals surface area (Å²) >= 11 is 0. The van der Waals surface area contributed by atoms with Gasteiger partial charge in [0.05, 0.1) is 24.7 Å². The van der Waals surface area contributed by atoms with Gasteiger partial charge in [0.15, 0.2) is 0 Å². The first-order chi connectivity index (χ1) is 15.6. The van der Waals surface area contributed by atoms with Gasteiger partial charge in [-0.05, 0) is 56.2 Å². The number of unbranched alkanes of at least 4 members (excludes halogenated alkanes) is 9. The van der Waals surface area contributed by atoms with Crippen LogP contribution < -0.4 is 4.74 Å². The van der Waals surface area contributed by atoms with E-state index >= 15 is 0 Å². The summed E-state index contributed by atoms with van der Waals surface area (Å²) in [6.45, 7) is 5.72. The summed E-state index contributed by atoms with van der Waals surface area (Å²) in [4.78, 5) is 12.4. The van der Waals surface area contributed by atoms with Crippen molar-refractivity contribution in [1.82, 2.24) is 0 Å². The maximum Gasteiger partial charge on any atom is 0.308 e. The van der Waals surface area contributed by atoms with Crippen LogP contribution in [0.1, 0.15) is 116 Å². The summed E-state index contributed by atoms with van der Waals surface area (Å²) in [7, 11) is 0. The molecule has 0 amide bonds. The van der Waals surface area contributed by atoms with Gasteiger partial charge in [0, 0.05) is 0 Å². The maximum absolute atomic E-state index is 12.4. The number of hydrogen-bond donors (Lipinski definition) is 1. The summed E-state index contributed by atoms with van der Waals surface area (Å²) in [5.74, 6) is 0.703. The Kier molecular flexibility index (Phi) is 12.8. The first kappa shape index (κ1) is 26.7. The number of hydrogen-bond acceptors (Lipinski definition) is 4. The molecule has 4 nitrogen and oxygen atoms in total. The number of carbonyl (C=O) groups excluding carboxylic acids is 1. The molecule has 1 aromatic carbocycles. The molecule has 1 aliphatic carbocycles. The Morgan fingerprint density at radius 3 is 1.97 bits per heavy atom. The zero-order valence-corrected chi connectivity index (χ0v) is 20.6. The highest BCUT2D eigenvalue weighted by Gasteiger charge is 2.37. The van der Waals surface area contributed by atoms with Crippen molar-refractivity contribution >= 4 is 5.97 Å². The van der Waals surface area contributed by atoms with E-state index in [1.807, 2.05) is 24.3 Å². The fourth-order valence-electron chi connectivity index (χ4n) is 4.55. The van der Waals surface area contributed by atoms with Crippen LogP contribution in [0.2, 0.25) is 0 Å². The maximum atomic E-state index is 12.4. The molecule has 0 heterocycles. The minimum atomic E-state index is -0.852. The molecule has 1 N–H and O–H groups in total. The van der Waals surface area contributed by atoms with Crippen LogP contribution in [0.25, 0.3) is 0 Å². The first-order valence-corrected chi connectivity index (χ1v) is 13.2. The van der Waals surface area contributed by atoms with E-state index in [-0.39, 0.29) is 11.9 Å². The third-order valence-electron chi connectivity index (χ3n) is 6.80. The van der Waals surface area contributed by atoms with Gasteiger partial charge in [-0.3, -0.25) is 4.79 Å². The molecule has 1 saturated carbocycles. The van der Waals surface area contributed by atoms with Gasteiger partial charge in [-0.2, -0.15) is 0 Å². The molecule has 0 bridgehead atoms. The summed E-state index contributed by atoms with van der Waals surface area (Å²) in [5, 5.41) is 11.2. The summed E-state index contributed by atoms with van der Waals surface area (Å²) < 4.78 is 11.4. The van der Waals surface area contributed by atoms with E-state index in [1.165, 1.54) is 51.4 Å². The molecule has 0 saturated heterocycles. The summed E-state index contributed by atoms with van der Waals surface area (Å²) in [6.07, 6.45) is 15.8. The van der Waals surface area contributed by atoms with Crippen molar-refractivity contribution < 1.29 is 19.4 Å². The molecule has 1 aliphatic rings. The zero-order valence-electron chi connectivity index (χ0n) is 20.6. The number of benzene rings is 1. The predicted octanol–water partition coefficient (Wildman–Crippen LogP) is 7.32. The fraction of sp³-hybridized carbons (Fsp3) is 0.750. The number of ether oxygens (including phenoxy) is 2. The van der Waals surface area contributed by atoms with E-state index in [2.05, 4.69) is 13.8 Å². The lowest BCUT2D eigenvalue weighted by atomic mass is 9.75. The zero-order chi connectivity index (χ0) is 23.1. The highest BCUT2D eigenvalue weighted by atomic mass is 16.5. The Morgan fingerprint density at radius 1 is 0.844 bits per heavy atom. The molecule has 0 aromatic heterocycles. The molecular formula is C28H46O4. The van der Waals surface area contributed by atoms with Gasteiger partial charge in [-0.1, -0.05) is 83.8 Å². The van der Waals surface area contributed by atoms with E-state index in [0.717, 1.165) is 37.2 Å². The molecule has 0 spiro atoms. The smallest absolute Gasteiger partial charge is 0.308 e. The summed E-state index contributed by atoms with van der Waals surface area (Å²) in [5.41, 5.74) is 0.0704. The van der Waals surface area contributed by atoms with Crippen molar-refractivity contribution in [2.45, 2.75) is 116 Å². The number of rotatable bonds is 16. The second kappa shape index (κ2) is 15.3. The number of aliphatic hydroxyl groups is 1. The lowest BCUT2D eigenvalue weighted by Gasteiger charge is -2.35. The van der Waals surface area contributed by atoms with Crippen molar-refractivity contribution in [3.63, 3.8) is 0 Å². The topological polar surface area (TPSA) is 55.8 Å². The SMILES string of the molecule is CCCCCCCCOC(=O)C1CCC(O)(c2ccc(OCCCCCCC)cc2)CC1. The second-order valence-electron chi connectivity index (χ2n) is 9.53. The Balaban J connectivity index is 1.66. The first-order valence-electron chi connectivity index (χ1n) is 13.2. The molecule has 0 radical (unpaired) electrons. The molecule has 0 aliphatic heterocycles. The Morgan fingerprint density at radius 2 is 1.38 bits per heavy atom. The number of carbonyl (C=O) groups is 1. The number of esters is 1. The van der Waals surface area contributed by atoms with Crippen molar-refractivity contribution in [3.8, 4) is 5.75 Å². The quantitative estimate of drug-likeness (QED) is 0.213. The van der Waals surface area contributed by atoms with Gasteiger partial charge >= 0.3 is 5.97 Å². The van der Waals surface area contributed by atoms with E-state index in [9.17, 15) is 9.90 Å². The molecule has 0 atom stereocenters. The van der Waals surface area contributed by atoms with Gasteiger partial charge in [-0.15, -0.1) is 0 Å². The van der Waals surface area contributed by atoms with E-state index in [4.69, 9.17) is 9.47 Å². The largest absolute Gasteiger partial charge is 0.494 e. The van der Waals surface area contributed by atoms with Crippen molar-refractivity contribution in [2.75, 3.05) is 13.2 Å². The molecule has 4 heteroatoms. The minimum Gasteiger partial charge on any atom is -0.494 e. The van der Waals surface area contributed by atoms with E-state index in [1.54, 1.807) is 0 Å². The molecule has 1 fully saturated rings. The third-order valence-corrected chi connectivity index (χ3v) is 6.80. The fourth-order valence-corrected chi connectivity index (χ4v) is 4.55. The second-order valence-corrected chi connectivity index (χ2v) is 9.53. The van der Waals surface area contributed by atoms with Gasteiger partial charge in [-0.25, -0.2) is 0 Å². The van der Waals surface area contributed by atoms with Crippen LogP contribution in [0.4, 0.5) is 0 Å². The van der Waals surface area contributed by atoms with Crippen molar-refractivity contribution in [1.29, 1.82) is 0 Å². The average Bonchev–Trinajstić information content (AvgIpc) is 2.81. The molecule has 182 valence electrons. The Labute approximate surface area is 196 Å². The monoisotopic (exact) mass is 446 g/mol. The van der Waals surface area contributed by atoms with Crippen LogP contribution in [0.15, 0.2) is 24.3 Å². The van der Waals surface area contributed by atoms with Crippen molar-refractivity contribution in [3.05, 3.63) is 29.8 Å². The van der Waals surface area contributed by atoms with Crippen LogP contribution in [0.3, 0.4) is 0 Å². The average molecular weight is 447 g/mol.